The van der Waals surface area contributed by atoms with Crippen molar-refractivity contribution in [3.63, 3.8) is 0 Å². The summed E-state index contributed by atoms with van der Waals surface area (Å²) in [5.74, 6) is 0.865. The molecule has 0 atom stereocenters. The summed E-state index contributed by atoms with van der Waals surface area (Å²) in [7, 11) is 0. The highest BCUT2D eigenvalue weighted by Gasteiger charge is 2.16. The minimum absolute atomic E-state index is 0.466. The molecule has 1 saturated carbocycles. The van der Waals surface area contributed by atoms with Crippen LogP contribution in [0.25, 0.3) is 0 Å². The molecular formula is C11H23NO. The zero-order valence-corrected chi connectivity index (χ0v) is 9.18. The zero-order valence-electron chi connectivity index (χ0n) is 9.18. The Kier molecular flexibility index (Phi) is 7.76. The molecule has 1 aliphatic carbocycles. The van der Waals surface area contributed by atoms with Crippen LogP contribution in [0.4, 0.5) is 0 Å². The van der Waals surface area contributed by atoms with Crippen LogP contribution in [0, 0.1) is 5.92 Å². The summed E-state index contributed by atoms with van der Waals surface area (Å²) in [6.45, 7) is 6.52. The molecule has 0 aliphatic heterocycles. The second kappa shape index (κ2) is 8.09. The number of carbonyl (C=O) groups excluding carboxylic acids is 1. The van der Waals surface area contributed by atoms with Gasteiger partial charge in [0.15, 0.2) is 0 Å². The molecule has 0 saturated heterocycles. The van der Waals surface area contributed by atoms with E-state index in [1.165, 1.54) is 32.1 Å². The summed E-state index contributed by atoms with van der Waals surface area (Å²) in [5, 5.41) is 2.82. The molecule has 0 radical (unpaired) electrons. The van der Waals surface area contributed by atoms with Crippen LogP contribution in [0.2, 0.25) is 0 Å². The molecule has 0 spiro atoms. The first-order chi connectivity index (χ1) is 6.24. The summed E-state index contributed by atoms with van der Waals surface area (Å²) >= 11 is 0. The third-order valence-electron chi connectivity index (χ3n) is 2.32. The molecule has 1 fully saturated rings. The van der Waals surface area contributed by atoms with Gasteiger partial charge in [0, 0.05) is 6.04 Å². The van der Waals surface area contributed by atoms with Gasteiger partial charge in [-0.15, -0.1) is 0 Å². The van der Waals surface area contributed by atoms with Gasteiger partial charge in [-0.25, -0.2) is 0 Å². The van der Waals surface area contributed by atoms with Crippen molar-refractivity contribution in [2.24, 2.45) is 5.92 Å². The van der Waals surface area contributed by atoms with Crippen molar-refractivity contribution in [2.75, 3.05) is 0 Å². The van der Waals surface area contributed by atoms with Crippen LogP contribution in [0.5, 0.6) is 0 Å². The molecule has 2 nitrogen and oxygen atoms in total. The molecule has 0 heterocycles. The first-order valence-corrected chi connectivity index (χ1v) is 5.44. The minimum Gasteiger partial charge on any atom is -0.356 e. The van der Waals surface area contributed by atoms with E-state index < -0.39 is 0 Å². The monoisotopic (exact) mass is 185 g/mol. The maximum absolute atomic E-state index is 10.0. The number of carbonyl (C=O) groups is 1. The van der Waals surface area contributed by atoms with E-state index in [0.29, 0.717) is 6.04 Å². The molecule has 0 aromatic carbocycles. The largest absolute Gasteiger partial charge is 0.356 e. The number of nitrogens with one attached hydrogen (secondary N) is 1. The minimum atomic E-state index is 0.466. The van der Waals surface area contributed by atoms with Crippen molar-refractivity contribution >= 4 is 6.41 Å². The van der Waals surface area contributed by atoms with Gasteiger partial charge in [-0.3, -0.25) is 4.79 Å². The highest BCUT2D eigenvalue weighted by Crippen LogP contribution is 2.22. The predicted octanol–water partition coefficient (Wildman–Crippen LogP) is 2.73. The molecule has 2 heteroatoms. The van der Waals surface area contributed by atoms with Gasteiger partial charge in [0.25, 0.3) is 0 Å². The Morgan fingerprint density at radius 2 is 1.69 bits per heavy atom. The normalized spacial score (nSPS) is 27.0. The van der Waals surface area contributed by atoms with E-state index in [1.54, 1.807) is 0 Å². The lowest BCUT2D eigenvalue weighted by molar-refractivity contribution is -0.110. The average molecular weight is 185 g/mol. The molecule has 1 aliphatic rings. The van der Waals surface area contributed by atoms with Gasteiger partial charge in [-0.2, -0.15) is 0 Å². The van der Waals surface area contributed by atoms with Crippen LogP contribution in [0.3, 0.4) is 0 Å². The molecular weight excluding hydrogens is 162 g/mol. The molecule has 1 rings (SSSR count). The number of rotatable bonds is 2. The molecule has 0 unspecified atom stereocenters. The fourth-order valence-electron chi connectivity index (χ4n) is 1.52. The molecule has 13 heavy (non-hydrogen) atoms. The van der Waals surface area contributed by atoms with Gasteiger partial charge in [0.2, 0.25) is 6.41 Å². The second-order valence-corrected chi connectivity index (χ2v) is 3.95. The van der Waals surface area contributed by atoms with Gasteiger partial charge < -0.3 is 5.32 Å². The number of hydrogen-bond acceptors (Lipinski definition) is 1. The maximum Gasteiger partial charge on any atom is 0.207 e. The van der Waals surface area contributed by atoms with Crippen LogP contribution in [0.1, 0.15) is 52.9 Å². The van der Waals surface area contributed by atoms with Crippen LogP contribution in [-0.2, 0) is 4.79 Å². The Morgan fingerprint density at radius 1 is 1.23 bits per heavy atom. The van der Waals surface area contributed by atoms with E-state index in [9.17, 15) is 4.79 Å². The fraction of sp³-hybridized carbons (Fsp3) is 0.909. The standard InChI is InChI=1S/C8H15NO.C3H8/c1-7-2-4-8(5-3-7)9-6-10;1-3-2/h6-8H,2-5H2,1H3,(H,9,10);3H2,1-2H3. The Morgan fingerprint density at radius 3 is 2.08 bits per heavy atom. The zero-order chi connectivity index (χ0) is 10.1. The molecule has 0 bridgehead atoms. The topological polar surface area (TPSA) is 29.1 Å². The summed E-state index contributed by atoms with van der Waals surface area (Å²) in [6, 6.07) is 0.466. The Bertz CT molecular complexity index is 117. The number of hydrogen-bond donors (Lipinski definition) is 1. The van der Waals surface area contributed by atoms with E-state index in [4.69, 9.17) is 0 Å². The Labute approximate surface area is 82.1 Å². The summed E-state index contributed by atoms with van der Waals surface area (Å²) in [6.07, 6.45) is 6.94. The van der Waals surface area contributed by atoms with Crippen LogP contribution >= 0.6 is 0 Å². The average Bonchev–Trinajstić information content (AvgIpc) is 2.11. The van der Waals surface area contributed by atoms with Gasteiger partial charge in [-0.1, -0.05) is 27.2 Å². The van der Waals surface area contributed by atoms with Crippen molar-refractivity contribution in [3.05, 3.63) is 0 Å². The quantitative estimate of drug-likeness (QED) is 0.658. The summed E-state index contributed by atoms with van der Waals surface area (Å²) in [4.78, 5) is 10.0. The molecule has 1 N–H and O–H groups in total. The van der Waals surface area contributed by atoms with E-state index in [1.807, 2.05) is 0 Å². The van der Waals surface area contributed by atoms with Crippen molar-refractivity contribution in [1.82, 2.24) is 5.32 Å². The lowest BCUT2D eigenvalue weighted by atomic mass is 9.87. The van der Waals surface area contributed by atoms with Crippen molar-refractivity contribution < 1.29 is 4.79 Å². The summed E-state index contributed by atoms with van der Waals surface area (Å²) in [5.41, 5.74) is 0. The van der Waals surface area contributed by atoms with Crippen LogP contribution in [0.15, 0.2) is 0 Å². The van der Waals surface area contributed by atoms with Gasteiger partial charge >= 0.3 is 0 Å². The first-order valence-electron chi connectivity index (χ1n) is 5.44. The van der Waals surface area contributed by atoms with Crippen molar-refractivity contribution in [2.45, 2.75) is 58.9 Å². The van der Waals surface area contributed by atoms with Crippen molar-refractivity contribution in [3.8, 4) is 0 Å². The highest BCUT2D eigenvalue weighted by atomic mass is 16.1. The van der Waals surface area contributed by atoms with E-state index in [-0.39, 0.29) is 0 Å². The Balaban J connectivity index is 0.000000424. The maximum atomic E-state index is 10.0. The van der Waals surface area contributed by atoms with Gasteiger partial charge in [-0.05, 0) is 31.6 Å². The molecule has 0 aromatic rings. The van der Waals surface area contributed by atoms with Crippen LogP contribution in [-0.4, -0.2) is 12.5 Å². The number of amides is 1. The van der Waals surface area contributed by atoms with Gasteiger partial charge in [0.05, 0.1) is 0 Å². The Hall–Kier alpha value is -0.530. The van der Waals surface area contributed by atoms with Crippen LogP contribution < -0.4 is 5.32 Å². The molecule has 1 amide bonds. The predicted molar refractivity (Wildman–Crippen MR) is 56.6 cm³/mol. The summed E-state index contributed by atoms with van der Waals surface area (Å²) < 4.78 is 0. The van der Waals surface area contributed by atoms with Gasteiger partial charge in [0.1, 0.15) is 0 Å². The molecule has 0 aromatic heterocycles. The lowest BCUT2D eigenvalue weighted by Crippen LogP contribution is -2.31. The SMILES string of the molecule is CC1CCC(NC=O)CC1.CCC. The van der Waals surface area contributed by atoms with E-state index in [2.05, 4.69) is 26.1 Å². The van der Waals surface area contributed by atoms with E-state index >= 15 is 0 Å². The molecule has 78 valence electrons. The highest BCUT2D eigenvalue weighted by molar-refractivity contribution is 5.46. The second-order valence-electron chi connectivity index (χ2n) is 3.95. The third-order valence-corrected chi connectivity index (χ3v) is 2.32. The lowest BCUT2D eigenvalue weighted by Gasteiger charge is -2.25. The fourth-order valence-corrected chi connectivity index (χ4v) is 1.52. The third kappa shape index (κ3) is 6.62. The van der Waals surface area contributed by atoms with E-state index in [0.717, 1.165) is 12.3 Å². The van der Waals surface area contributed by atoms with Crippen molar-refractivity contribution in [1.29, 1.82) is 0 Å². The first kappa shape index (κ1) is 12.5. The smallest absolute Gasteiger partial charge is 0.207 e.